The first-order valence-corrected chi connectivity index (χ1v) is 12.1. The highest BCUT2D eigenvalue weighted by Crippen LogP contribution is 2.51. The molecule has 2 fully saturated rings. The number of ether oxygens (including phenoxy) is 5. The van der Waals surface area contributed by atoms with Crippen molar-refractivity contribution in [3.63, 3.8) is 0 Å². The second-order valence-corrected chi connectivity index (χ2v) is 9.18. The zero-order valence-corrected chi connectivity index (χ0v) is 20.9. The van der Waals surface area contributed by atoms with Gasteiger partial charge in [0.1, 0.15) is 0 Å². The van der Waals surface area contributed by atoms with Crippen LogP contribution in [0, 0.1) is 11.8 Å². The molecule has 9 heteroatoms. The molecule has 5 rings (SSSR count). The van der Waals surface area contributed by atoms with Crippen molar-refractivity contribution in [2.45, 2.75) is 12.2 Å². The third kappa shape index (κ3) is 4.98. The highest BCUT2D eigenvalue weighted by atomic mass is 16.6. The Morgan fingerprint density at radius 1 is 0.763 bits per heavy atom. The molecule has 2 aliphatic rings. The molecule has 0 spiro atoms. The SMILES string of the molecule is COc1cc([C@H]2OC[C@H]3[C@@H]2CO[C@@H]3c2ccc(OC(=O)/C=C/c3ccc(O)c(O)c3)c(OC)c2)ccc1O. The minimum absolute atomic E-state index is 0.0781. The largest absolute Gasteiger partial charge is 0.504 e. The zero-order valence-electron chi connectivity index (χ0n) is 20.9. The Morgan fingerprint density at radius 2 is 1.37 bits per heavy atom. The predicted molar refractivity (Wildman–Crippen MR) is 136 cm³/mol. The molecule has 0 bridgehead atoms. The summed E-state index contributed by atoms with van der Waals surface area (Å²) in [7, 11) is 3.01. The Bertz CT molecular complexity index is 1370. The van der Waals surface area contributed by atoms with Gasteiger partial charge in [0, 0.05) is 17.9 Å². The maximum atomic E-state index is 12.4. The number of hydrogen-bond acceptors (Lipinski definition) is 9. The van der Waals surface area contributed by atoms with Crippen molar-refractivity contribution in [1.29, 1.82) is 0 Å². The molecular weight excluding hydrogens is 492 g/mol. The summed E-state index contributed by atoms with van der Waals surface area (Å²) in [5, 5.41) is 28.9. The quantitative estimate of drug-likeness (QED) is 0.179. The van der Waals surface area contributed by atoms with Crippen LogP contribution in [0.15, 0.2) is 60.7 Å². The van der Waals surface area contributed by atoms with E-state index in [1.807, 2.05) is 12.1 Å². The average Bonchev–Trinajstić information content (AvgIpc) is 3.53. The molecule has 0 aromatic heterocycles. The Kier molecular flexibility index (Phi) is 7.13. The van der Waals surface area contributed by atoms with Crippen molar-refractivity contribution in [2.24, 2.45) is 11.8 Å². The van der Waals surface area contributed by atoms with Crippen LogP contribution >= 0.6 is 0 Å². The molecule has 9 nitrogen and oxygen atoms in total. The second-order valence-electron chi connectivity index (χ2n) is 9.18. The van der Waals surface area contributed by atoms with Gasteiger partial charge in [0.15, 0.2) is 34.5 Å². The van der Waals surface area contributed by atoms with Gasteiger partial charge >= 0.3 is 5.97 Å². The molecule has 198 valence electrons. The first-order chi connectivity index (χ1) is 18.4. The minimum atomic E-state index is -0.628. The van der Waals surface area contributed by atoms with E-state index in [1.165, 1.54) is 38.5 Å². The standard InChI is InChI=1S/C29H28O9/c1-34-25-12-17(5-8-22(25)31)28-19-14-37-29(20(19)15-36-28)18-6-9-24(26(13-18)35-2)38-27(33)10-4-16-3-7-21(30)23(32)11-16/h3-13,19-20,28-32H,14-15H2,1-2H3/b10-4+/t19-,20-,28+,29+/m0/s1. The van der Waals surface area contributed by atoms with E-state index >= 15 is 0 Å². The normalized spacial score (nSPS) is 22.4. The molecule has 0 unspecified atom stereocenters. The van der Waals surface area contributed by atoms with E-state index < -0.39 is 5.97 Å². The average molecular weight is 521 g/mol. The van der Waals surface area contributed by atoms with Gasteiger partial charge in [0.05, 0.1) is 39.6 Å². The summed E-state index contributed by atoms with van der Waals surface area (Å²) in [5.74, 6) is 0.207. The van der Waals surface area contributed by atoms with Crippen LogP contribution in [0.5, 0.6) is 34.5 Å². The van der Waals surface area contributed by atoms with Crippen LogP contribution in [-0.2, 0) is 14.3 Å². The monoisotopic (exact) mass is 520 g/mol. The van der Waals surface area contributed by atoms with E-state index in [1.54, 1.807) is 30.3 Å². The number of aromatic hydroxyl groups is 3. The number of esters is 1. The first kappa shape index (κ1) is 25.4. The van der Waals surface area contributed by atoms with Gasteiger partial charge < -0.3 is 39.0 Å². The van der Waals surface area contributed by atoms with Crippen molar-refractivity contribution < 1.29 is 43.8 Å². The molecule has 0 amide bonds. The van der Waals surface area contributed by atoms with E-state index in [0.29, 0.717) is 30.3 Å². The highest BCUT2D eigenvalue weighted by Gasteiger charge is 2.48. The first-order valence-electron chi connectivity index (χ1n) is 12.1. The van der Waals surface area contributed by atoms with Gasteiger partial charge in [-0.3, -0.25) is 0 Å². The summed E-state index contributed by atoms with van der Waals surface area (Å²) < 4.78 is 28.5. The van der Waals surface area contributed by atoms with Crippen LogP contribution in [0.4, 0.5) is 0 Å². The van der Waals surface area contributed by atoms with Gasteiger partial charge in [-0.05, 0) is 59.2 Å². The molecule has 3 aromatic carbocycles. The van der Waals surface area contributed by atoms with E-state index in [4.69, 9.17) is 23.7 Å². The molecule has 0 saturated carbocycles. The molecule has 2 saturated heterocycles. The number of fused-ring (bicyclic) bond motifs is 1. The molecule has 0 aliphatic carbocycles. The maximum Gasteiger partial charge on any atom is 0.336 e. The Balaban J connectivity index is 1.28. The Morgan fingerprint density at radius 3 is 2.00 bits per heavy atom. The number of methoxy groups -OCH3 is 2. The minimum Gasteiger partial charge on any atom is -0.504 e. The lowest BCUT2D eigenvalue weighted by Gasteiger charge is -2.18. The van der Waals surface area contributed by atoms with E-state index in [0.717, 1.165) is 11.1 Å². The van der Waals surface area contributed by atoms with Gasteiger partial charge in [0.25, 0.3) is 0 Å². The second kappa shape index (κ2) is 10.6. The number of rotatable bonds is 7. The van der Waals surface area contributed by atoms with E-state index in [-0.39, 0.29) is 47.0 Å². The Labute approximate surface area is 219 Å². The Hall–Kier alpha value is -4.21. The van der Waals surface area contributed by atoms with Crippen molar-refractivity contribution in [1.82, 2.24) is 0 Å². The van der Waals surface area contributed by atoms with Crippen molar-refractivity contribution in [3.8, 4) is 34.5 Å². The topological polar surface area (TPSA) is 124 Å². The van der Waals surface area contributed by atoms with Gasteiger partial charge in [-0.15, -0.1) is 0 Å². The summed E-state index contributed by atoms with van der Waals surface area (Å²) >= 11 is 0. The lowest BCUT2D eigenvalue weighted by atomic mass is 9.85. The number of phenols is 3. The lowest BCUT2D eigenvalue weighted by molar-refractivity contribution is -0.129. The number of carbonyl (C=O) groups is 1. The maximum absolute atomic E-state index is 12.4. The number of phenolic OH excluding ortho intramolecular Hbond substituents is 3. The fraction of sp³-hybridized carbons (Fsp3) is 0.276. The van der Waals surface area contributed by atoms with Gasteiger partial charge in [-0.1, -0.05) is 18.2 Å². The third-order valence-electron chi connectivity index (χ3n) is 6.93. The molecule has 0 radical (unpaired) electrons. The summed E-state index contributed by atoms with van der Waals surface area (Å²) in [6.07, 6.45) is 2.29. The number of carbonyl (C=O) groups excluding carboxylic acids is 1. The van der Waals surface area contributed by atoms with Crippen LogP contribution < -0.4 is 14.2 Å². The van der Waals surface area contributed by atoms with Crippen molar-refractivity contribution in [3.05, 3.63) is 77.4 Å². The molecule has 3 N–H and O–H groups in total. The number of benzene rings is 3. The molecule has 38 heavy (non-hydrogen) atoms. The molecule has 4 atom stereocenters. The lowest BCUT2D eigenvalue weighted by Crippen LogP contribution is -2.14. The fourth-order valence-corrected chi connectivity index (χ4v) is 5.00. The molecule has 2 heterocycles. The molecular formula is C29H28O9. The van der Waals surface area contributed by atoms with Gasteiger partial charge in [-0.25, -0.2) is 4.79 Å². The van der Waals surface area contributed by atoms with Crippen LogP contribution in [0.25, 0.3) is 6.08 Å². The van der Waals surface area contributed by atoms with E-state index in [2.05, 4.69) is 0 Å². The van der Waals surface area contributed by atoms with Gasteiger partial charge in [0.2, 0.25) is 0 Å². The van der Waals surface area contributed by atoms with Crippen molar-refractivity contribution >= 4 is 12.0 Å². The van der Waals surface area contributed by atoms with Crippen LogP contribution in [0.1, 0.15) is 28.9 Å². The summed E-state index contributed by atoms with van der Waals surface area (Å²) in [5.41, 5.74) is 2.33. The highest BCUT2D eigenvalue weighted by molar-refractivity contribution is 5.89. The van der Waals surface area contributed by atoms with Gasteiger partial charge in [-0.2, -0.15) is 0 Å². The summed E-state index contributed by atoms with van der Waals surface area (Å²) in [6.45, 7) is 1.03. The summed E-state index contributed by atoms with van der Waals surface area (Å²) in [6, 6.07) is 14.8. The fourth-order valence-electron chi connectivity index (χ4n) is 5.00. The molecule has 2 aliphatic heterocycles. The third-order valence-corrected chi connectivity index (χ3v) is 6.93. The van der Waals surface area contributed by atoms with Crippen molar-refractivity contribution in [2.75, 3.05) is 27.4 Å². The van der Waals surface area contributed by atoms with Crippen LogP contribution in [-0.4, -0.2) is 48.7 Å². The van der Waals surface area contributed by atoms with Crippen LogP contribution in [0.2, 0.25) is 0 Å². The molecule has 3 aromatic rings. The van der Waals surface area contributed by atoms with Crippen LogP contribution in [0.3, 0.4) is 0 Å². The summed E-state index contributed by atoms with van der Waals surface area (Å²) in [4.78, 5) is 12.4. The predicted octanol–water partition coefficient (Wildman–Crippen LogP) is 4.51. The number of hydrogen-bond donors (Lipinski definition) is 3. The zero-order chi connectivity index (χ0) is 26.8. The smallest absolute Gasteiger partial charge is 0.336 e. The van der Waals surface area contributed by atoms with E-state index in [9.17, 15) is 20.1 Å².